The molecule has 0 aliphatic rings. The first kappa shape index (κ1) is 21.0. The maximum Gasteiger partial charge on any atom is 0.338 e. The molecule has 0 bridgehead atoms. The minimum Gasteiger partial charge on any atom is -0.489 e. The van der Waals surface area contributed by atoms with Gasteiger partial charge in [-0.3, -0.25) is 4.79 Å². The largest absolute Gasteiger partial charge is 0.489 e. The van der Waals surface area contributed by atoms with Crippen LogP contribution in [0.3, 0.4) is 0 Å². The van der Waals surface area contributed by atoms with Crippen molar-refractivity contribution in [2.75, 3.05) is 5.32 Å². The van der Waals surface area contributed by atoms with E-state index in [-0.39, 0.29) is 11.3 Å². The van der Waals surface area contributed by atoms with Crippen LogP contribution in [0.4, 0.5) is 14.5 Å². The fourth-order valence-corrected chi connectivity index (χ4v) is 2.54. The molecule has 1 N–H and O–H groups in total. The van der Waals surface area contributed by atoms with Crippen LogP contribution in [0.1, 0.15) is 22.8 Å². The van der Waals surface area contributed by atoms with Crippen molar-refractivity contribution in [3.05, 3.63) is 95.6 Å². The van der Waals surface area contributed by atoms with E-state index in [1.807, 2.05) is 30.3 Å². The monoisotopic (exact) mass is 411 g/mol. The van der Waals surface area contributed by atoms with E-state index >= 15 is 0 Å². The molecule has 30 heavy (non-hydrogen) atoms. The first-order valence-corrected chi connectivity index (χ1v) is 9.16. The van der Waals surface area contributed by atoms with Gasteiger partial charge in [0.1, 0.15) is 24.0 Å². The molecule has 1 atom stereocenters. The summed E-state index contributed by atoms with van der Waals surface area (Å²) in [5, 5.41) is 2.20. The molecule has 0 spiro atoms. The number of halogens is 2. The summed E-state index contributed by atoms with van der Waals surface area (Å²) in [5.41, 5.74) is 0.900. The van der Waals surface area contributed by atoms with Crippen LogP contribution in [0.25, 0.3) is 0 Å². The van der Waals surface area contributed by atoms with Gasteiger partial charge in [0.15, 0.2) is 6.10 Å². The van der Waals surface area contributed by atoms with E-state index in [4.69, 9.17) is 9.47 Å². The third-order valence-corrected chi connectivity index (χ3v) is 4.18. The molecule has 7 heteroatoms. The summed E-state index contributed by atoms with van der Waals surface area (Å²) < 4.78 is 37.6. The second-order valence-corrected chi connectivity index (χ2v) is 6.46. The normalized spacial score (nSPS) is 11.4. The molecular formula is C23H19F2NO4. The lowest BCUT2D eigenvalue weighted by Crippen LogP contribution is -2.30. The van der Waals surface area contributed by atoms with Gasteiger partial charge in [0.25, 0.3) is 5.91 Å². The Labute approximate surface area is 172 Å². The maximum absolute atomic E-state index is 13.6. The van der Waals surface area contributed by atoms with Gasteiger partial charge in [-0.25, -0.2) is 13.6 Å². The van der Waals surface area contributed by atoms with Crippen molar-refractivity contribution < 1.29 is 27.8 Å². The standard InChI is InChI=1S/C23H19F2NO4/c1-15(22(27)26-21-13-18(24)9-12-20(21)25)30-23(28)17-7-10-19(11-8-17)29-14-16-5-3-2-4-6-16/h2-13,15H,14H2,1H3,(H,26,27)/t15-/m1/s1. The lowest BCUT2D eigenvalue weighted by atomic mass is 10.2. The molecule has 5 nitrogen and oxygen atoms in total. The average Bonchev–Trinajstić information content (AvgIpc) is 2.75. The lowest BCUT2D eigenvalue weighted by Gasteiger charge is -2.14. The Hall–Kier alpha value is -3.74. The molecule has 0 fully saturated rings. The number of carbonyl (C=O) groups is 2. The second-order valence-electron chi connectivity index (χ2n) is 6.46. The number of esters is 1. The first-order chi connectivity index (χ1) is 14.4. The van der Waals surface area contributed by atoms with Crippen LogP contribution in [0, 0.1) is 11.6 Å². The van der Waals surface area contributed by atoms with Crippen LogP contribution in [-0.2, 0) is 16.1 Å². The fourth-order valence-electron chi connectivity index (χ4n) is 2.54. The number of hydrogen-bond donors (Lipinski definition) is 1. The molecule has 3 aromatic rings. The fraction of sp³-hybridized carbons (Fsp3) is 0.130. The summed E-state index contributed by atoms with van der Waals surface area (Å²) in [6.45, 7) is 1.72. The molecule has 0 saturated carbocycles. The van der Waals surface area contributed by atoms with Gasteiger partial charge in [0.05, 0.1) is 11.3 Å². The van der Waals surface area contributed by atoms with E-state index in [2.05, 4.69) is 5.32 Å². The number of benzene rings is 3. The zero-order valence-corrected chi connectivity index (χ0v) is 16.1. The number of hydrogen-bond acceptors (Lipinski definition) is 4. The van der Waals surface area contributed by atoms with Crippen LogP contribution in [0.5, 0.6) is 5.75 Å². The molecule has 3 rings (SSSR count). The summed E-state index contributed by atoms with van der Waals surface area (Å²) >= 11 is 0. The van der Waals surface area contributed by atoms with Gasteiger partial charge in [0.2, 0.25) is 0 Å². The molecule has 3 aromatic carbocycles. The van der Waals surface area contributed by atoms with Crippen LogP contribution in [0.15, 0.2) is 72.8 Å². The van der Waals surface area contributed by atoms with Crippen LogP contribution in [-0.4, -0.2) is 18.0 Å². The minimum absolute atomic E-state index is 0.221. The van der Waals surface area contributed by atoms with Gasteiger partial charge in [-0.15, -0.1) is 0 Å². The summed E-state index contributed by atoms with van der Waals surface area (Å²) in [4.78, 5) is 24.4. The number of anilines is 1. The lowest BCUT2D eigenvalue weighted by molar-refractivity contribution is -0.123. The number of amides is 1. The van der Waals surface area contributed by atoms with Crippen molar-refractivity contribution in [3.63, 3.8) is 0 Å². The first-order valence-electron chi connectivity index (χ1n) is 9.16. The number of nitrogens with one attached hydrogen (secondary N) is 1. The zero-order chi connectivity index (χ0) is 21.5. The second kappa shape index (κ2) is 9.65. The van der Waals surface area contributed by atoms with Gasteiger partial charge < -0.3 is 14.8 Å². The van der Waals surface area contributed by atoms with Crippen LogP contribution >= 0.6 is 0 Å². The van der Waals surface area contributed by atoms with E-state index < -0.39 is 29.6 Å². The number of carbonyl (C=O) groups excluding carboxylic acids is 2. The summed E-state index contributed by atoms with van der Waals surface area (Å²) in [6, 6.07) is 18.6. The molecule has 0 aliphatic heterocycles. The molecule has 0 aliphatic carbocycles. The Morgan fingerprint density at radius 1 is 0.967 bits per heavy atom. The third kappa shape index (κ3) is 5.64. The SMILES string of the molecule is C[C@@H](OC(=O)c1ccc(OCc2ccccc2)cc1)C(=O)Nc1cc(F)ccc1F. The van der Waals surface area contributed by atoms with Gasteiger partial charge >= 0.3 is 5.97 Å². The Morgan fingerprint density at radius 3 is 2.37 bits per heavy atom. The highest BCUT2D eigenvalue weighted by atomic mass is 19.1. The molecule has 154 valence electrons. The van der Waals surface area contributed by atoms with Crippen LogP contribution in [0.2, 0.25) is 0 Å². The van der Waals surface area contributed by atoms with Crippen molar-refractivity contribution in [2.45, 2.75) is 19.6 Å². The Kier molecular flexibility index (Phi) is 6.75. The number of ether oxygens (including phenoxy) is 2. The Morgan fingerprint density at radius 2 is 1.67 bits per heavy atom. The Bertz CT molecular complexity index is 1020. The molecule has 0 radical (unpaired) electrons. The van der Waals surface area contributed by atoms with Gasteiger partial charge in [0, 0.05) is 6.07 Å². The molecule has 0 unspecified atom stereocenters. The quantitative estimate of drug-likeness (QED) is 0.571. The summed E-state index contributed by atoms with van der Waals surface area (Å²) in [7, 11) is 0. The van der Waals surface area contributed by atoms with Crippen LogP contribution < -0.4 is 10.1 Å². The Balaban J connectivity index is 1.54. The minimum atomic E-state index is -1.21. The molecule has 1 amide bonds. The highest BCUT2D eigenvalue weighted by Gasteiger charge is 2.20. The summed E-state index contributed by atoms with van der Waals surface area (Å²) in [6.07, 6.45) is -1.21. The number of rotatable bonds is 7. The van der Waals surface area contributed by atoms with Crippen molar-refractivity contribution in [3.8, 4) is 5.75 Å². The van der Waals surface area contributed by atoms with E-state index in [1.165, 1.54) is 19.1 Å². The van der Waals surface area contributed by atoms with Crippen molar-refractivity contribution in [1.29, 1.82) is 0 Å². The van der Waals surface area contributed by atoms with Gasteiger partial charge in [-0.1, -0.05) is 30.3 Å². The van der Waals surface area contributed by atoms with E-state index in [0.717, 1.165) is 23.8 Å². The smallest absolute Gasteiger partial charge is 0.338 e. The van der Waals surface area contributed by atoms with E-state index in [1.54, 1.807) is 12.1 Å². The van der Waals surface area contributed by atoms with Gasteiger partial charge in [-0.2, -0.15) is 0 Å². The highest BCUT2D eigenvalue weighted by molar-refractivity contribution is 5.97. The van der Waals surface area contributed by atoms with E-state index in [0.29, 0.717) is 12.4 Å². The average molecular weight is 411 g/mol. The highest BCUT2D eigenvalue weighted by Crippen LogP contribution is 2.17. The zero-order valence-electron chi connectivity index (χ0n) is 16.1. The molecule has 0 heterocycles. The molecule has 0 saturated heterocycles. The predicted octanol–water partition coefficient (Wildman–Crippen LogP) is 4.73. The summed E-state index contributed by atoms with van der Waals surface area (Å²) in [5.74, 6) is -2.44. The van der Waals surface area contributed by atoms with Gasteiger partial charge in [-0.05, 0) is 48.9 Å². The van der Waals surface area contributed by atoms with Crippen molar-refractivity contribution >= 4 is 17.6 Å². The molecular weight excluding hydrogens is 392 g/mol. The van der Waals surface area contributed by atoms with Crippen molar-refractivity contribution in [2.24, 2.45) is 0 Å². The predicted molar refractivity (Wildman–Crippen MR) is 107 cm³/mol. The maximum atomic E-state index is 13.6. The van der Waals surface area contributed by atoms with E-state index in [9.17, 15) is 18.4 Å². The molecule has 0 aromatic heterocycles. The van der Waals surface area contributed by atoms with Crippen molar-refractivity contribution in [1.82, 2.24) is 0 Å². The third-order valence-electron chi connectivity index (χ3n) is 4.18. The topological polar surface area (TPSA) is 64.6 Å².